The molecular weight excluding hydrogens is 172 g/mol. The van der Waals surface area contributed by atoms with Crippen molar-refractivity contribution in [1.29, 1.82) is 0 Å². The van der Waals surface area contributed by atoms with E-state index in [4.69, 9.17) is 0 Å². The number of aromatic nitrogens is 2. The van der Waals surface area contributed by atoms with Gasteiger partial charge in [-0.1, -0.05) is 39.0 Å². The van der Waals surface area contributed by atoms with E-state index in [0.717, 1.165) is 16.7 Å². The number of hydrogen-bond donors (Lipinski definition) is 0. The van der Waals surface area contributed by atoms with Crippen LogP contribution >= 0.6 is 0 Å². The lowest BCUT2D eigenvalue weighted by molar-refractivity contribution is 0.548. The van der Waals surface area contributed by atoms with Gasteiger partial charge in [0.25, 0.3) is 0 Å². The second-order valence-corrected chi connectivity index (χ2v) is 4.50. The third kappa shape index (κ3) is 1.60. The van der Waals surface area contributed by atoms with Crippen LogP contribution in [0.15, 0.2) is 30.5 Å². The molecule has 2 aromatic rings. The van der Waals surface area contributed by atoms with E-state index in [1.807, 2.05) is 30.5 Å². The number of para-hydroxylation sites is 1. The van der Waals surface area contributed by atoms with Gasteiger partial charge in [0.2, 0.25) is 0 Å². The summed E-state index contributed by atoms with van der Waals surface area (Å²) in [5.74, 6) is 0.899. The van der Waals surface area contributed by atoms with Gasteiger partial charge < -0.3 is 0 Å². The normalized spacial score (nSPS) is 11.9. The number of rotatable bonds is 0. The van der Waals surface area contributed by atoms with Crippen molar-refractivity contribution in [2.75, 3.05) is 0 Å². The number of nitrogens with zero attached hydrogens (tertiary/aromatic N) is 2. The maximum atomic E-state index is 4.54. The van der Waals surface area contributed by atoms with E-state index in [1.165, 1.54) is 0 Å². The molecule has 1 aromatic carbocycles. The molecule has 0 bridgehead atoms. The molecule has 2 heteroatoms. The average molecular weight is 186 g/mol. The highest BCUT2D eigenvalue weighted by Crippen LogP contribution is 2.19. The van der Waals surface area contributed by atoms with Gasteiger partial charge in [-0.05, 0) is 6.07 Å². The summed E-state index contributed by atoms with van der Waals surface area (Å²) in [6.45, 7) is 6.37. The van der Waals surface area contributed by atoms with Gasteiger partial charge in [-0.3, -0.25) is 0 Å². The van der Waals surface area contributed by atoms with E-state index in [2.05, 4.69) is 30.7 Å². The van der Waals surface area contributed by atoms with Crippen LogP contribution in [0.3, 0.4) is 0 Å². The highest BCUT2D eigenvalue weighted by atomic mass is 14.9. The van der Waals surface area contributed by atoms with Crippen molar-refractivity contribution in [3.8, 4) is 0 Å². The quantitative estimate of drug-likeness (QED) is 0.632. The lowest BCUT2D eigenvalue weighted by Crippen LogP contribution is -2.15. The van der Waals surface area contributed by atoms with Crippen LogP contribution in [-0.2, 0) is 5.41 Å². The fourth-order valence-corrected chi connectivity index (χ4v) is 1.33. The fraction of sp³-hybridized carbons (Fsp3) is 0.333. The van der Waals surface area contributed by atoms with Crippen molar-refractivity contribution in [2.45, 2.75) is 26.2 Å². The van der Waals surface area contributed by atoms with E-state index < -0.39 is 0 Å². The molecule has 2 nitrogen and oxygen atoms in total. The molecule has 1 aromatic heterocycles. The van der Waals surface area contributed by atoms with Crippen molar-refractivity contribution >= 4 is 10.9 Å². The third-order valence-corrected chi connectivity index (χ3v) is 2.16. The molecule has 14 heavy (non-hydrogen) atoms. The van der Waals surface area contributed by atoms with Crippen molar-refractivity contribution in [3.05, 3.63) is 36.3 Å². The highest BCUT2D eigenvalue weighted by molar-refractivity contribution is 5.77. The highest BCUT2D eigenvalue weighted by Gasteiger charge is 2.16. The van der Waals surface area contributed by atoms with E-state index in [9.17, 15) is 0 Å². The van der Waals surface area contributed by atoms with Crippen LogP contribution in [-0.4, -0.2) is 9.97 Å². The fourth-order valence-electron chi connectivity index (χ4n) is 1.33. The van der Waals surface area contributed by atoms with Crippen molar-refractivity contribution < 1.29 is 0 Å². The second-order valence-electron chi connectivity index (χ2n) is 4.50. The first-order chi connectivity index (χ1) is 6.57. The first kappa shape index (κ1) is 9.13. The van der Waals surface area contributed by atoms with Gasteiger partial charge in [0.1, 0.15) is 5.82 Å². The Bertz CT molecular complexity index is 455. The van der Waals surface area contributed by atoms with Gasteiger partial charge in [0.05, 0.1) is 5.52 Å². The Labute approximate surface area is 84.0 Å². The molecule has 0 amide bonds. The molecular formula is C12H14N2. The van der Waals surface area contributed by atoms with E-state index in [1.54, 1.807) is 0 Å². The molecule has 0 aliphatic rings. The first-order valence-corrected chi connectivity index (χ1v) is 4.80. The zero-order chi connectivity index (χ0) is 10.2. The Morgan fingerprint density at radius 2 is 1.79 bits per heavy atom. The minimum Gasteiger partial charge on any atom is -0.240 e. The van der Waals surface area contributed by atoms with Gasteiger partial charge in [0, 0.05) is 17.0 Å². The Hall–Kier alpha value is -1.44. The molecule has 0 fully saturated rings. The summed E-state index contributed by atoms with van der Waals surface area (Å²) in [5, 5.41) is 1.10. The summed E-state index contributed by atoms with van der Waals surface area (Å²) in [6, 6.07) is 8.05. The van der Waals surface area contributed by atoms with Gasteiger partial charge in [-0.15, -0.1) is 0 Å². The second kappa shape index (κ2) is 3.05. The van der Waals surface area contributed by atoms with E-state index in [0.29, 0.717) is 0 Å². The Morgan fingerprint density at radius 1 is 1.07 bits per heavy atom. The molecule has 0 N–H and O–H groups in total. The molecule has 0 radical (unpaired) electrons. The first-order valence-electron chi connectivity index (χ1n) is 4.80. The molecule has 2 rings (SSSR count). The molecule has 0 aliphatic carbocycles. The zero-order valence-electron chi connectivity index (χ0n) is 8.78. The number of fused-ring (bicyclic) bond motifs is 1. The Kier molecular flexibility index (Phi) is 1.99. The summed E-state index contributed by atoms with van der Waals surface area (Å²) < 4.78 is 0. The largest absolute Gasteiger partial charge is 0.240 e. The molecule has 0 unspecified atom stereocenters. The summed E-state index contributed by atoms with van der Waals surface area (Å²) >= 11 is 0. The molecule has 72 valence electrons. The van der Waals surface area contributed by atoms with Crippen LogP contribution in [0.25, 0.3) is 10.9 Å². The van der Waals surface area contributed by atoms with Gasteiger partial charge in [-0.2, -0.15) is 0 Å². The number of hydrogen-bond acceptors (Lipinski definition) is 2. The maximum Gasteiger partial charge on any atom is 0.134 e. The van der Waals surface area contributed by atoms with Gasteiger partial charge in [0.15, 0.2) is 0 Å². The van der Waals surface area contributed by atoms with Gasteiger partial charge in [-0.25, -0.2) is 9.97 Å². The Balaban J connectivity index is 2.63. The minimum atomic E-state index is 0.0179. The lowest BCUT2D eigenvalue weighted by Gasteiger charge is -2.16. The topological polar surface area (TPSA) is 25.8 Å². The molecule has 0 atom stereocenters. The van der Waals surface area contributed by atoms with Crippen LogP contribution in [0.1, 0.15) is 26.6 Å². The van der Waals surface area contributed by atoms with E-state index >= 15 is 0 Å². The maximum absolute atomic E-state index is 4.54. The molecule has 1 heterocycles. The minimum absolute atomic E-state index is 0.0179. The van der Waals surface area contributed by atoms with Gasteiger partial charge >= 0.3 is 0 Å². The lowest BCUT2D eigenvalue weighted by atomic mass is 9.95. The smallest absolute Gasteiger partial charge is 0.134 e. The molecule has 0 saturated heterocycles. The van der Waals surface area contributed by atoms with Crippen LogP contribution in [0, 0.1) is 0 Å². The van der Waals surface area contributed by atoms with Crippen LogP contribution in [0.5, 0.6) is 0 Å². The Morgan fingerprint density at radius 3 is 2.50 bits per heavy atom. The van der Waals surface area contributed by atoms with Crippen molar-refractivity contribution in [2.24, 2.45) is 0 Å². The zero-order valence-corrected chi connectivity index (χ0v) is 8.78. The van der Waals surface area contributed by atoms with E-state index in [-0.39, 0.29) is 5.41 Å². The standard InChI is InChI=1S/C12H14N2/c1-12(2,3)11-13-8-9-6-4-5-7-10(9)14-11/h4-8H,1-3H3. The third-order valence-electron chi connectivity index (χ3n) is 2.16. The molecule has 0 saturated carbocycles. The SMILES string of the molecule is CC(C)(C)c1ncc2ccccc2n1. The van der Waals surface area contributed by atoms with Crippen LogP contribution in [0.2, 0.25) is 0 Å². The molecule has 0 aliphatic heterocycles. The summed E-state index contributed by atoms with van der Waals surface area (Å²) in [4.78, 5) is 8.90. The predicted molar refractivity (Wildman–Crippen MR) is 58.2 cm³/mol. The monoisotopic (exact) mass is 186 g/mol. The average Bonchev–Trinajstić information content (AvgIpc) is 2.16. The summed E-state index contributed by atoms with van der Waals surface area (Å²) in [6.07, 6.45) is 1.89. The number of benzene rings is 1. The van der Waals surface area contributed by atoms with Crippen LogP contribution < -0.4 is 0 Å². The van der Waals surface area contributed by atoms with Crippen molar-refractivity contribution in [3.63, 3.8) is 0 Å². The summed E-state index contributed by atoms with van der Waals surface area (Å²) in [5.41, 5.74) is 1.04. The molecule has 0 spiro atoms. The summed E-state index contributed by atoms with van der Waals surface area (Å²) in [7, 11) is 0. The predicted octanol–water partition coefficient (Wildman–Crippen LogP) is 2.93. The van der Waals surface area contributed by atoms with Crippen molar-refractivity contribution in [1.82, 2.24) is 9.97 Å². The van der Waals surface area contributed by atoms with Crippen LogP contribution in [0.4, 0.5) is 0 Å².